The third kappa shape index (κ3) is 1.85. The van der Waals surface area contributed by atoms with E-state index in [1.54, 1.807) is 0 Å². The van der Waals surface area contributed by atoms with Gasteiger partial charge in [0.05, 0.1) is 11.5 Å². The van der Waals surface area contributed by atoms with Gasteiger partial charge in [0.2, 0.25) is 0 Å². The fraction of sp³-hybridized carbons (Fsp3) is 0.950. The SMILES string of the molecule is C[C@@]12CCC[C@@](C)(C(=O)O)[C@H]1CC[C@@]13C[C@@H](CC[C@@H]21)[C@H](CO)[C@@H]3O. The van der Waals surface area contributed by atoms with Gasteiger partial charge in [-0.25, -0.2) is 0 Å². The summed E-state index contributed by atoms with van der Waals surface area (Å²) in [6.07, 6.45) is 7.52. The molecule has 0 radical (unpaired) electrons. The molecule has 4 rings (SSSR count). The summed E-state index contributed by atoms with van der Waals surface area (Å²) in [7, 11) is 0. The van der Waals surface area contributed by atoms with Crippen LogP contribution in [0.3, 0.4) is 0 Å². The molecular weight excluding hydrogens is 304 g/mol. The van der Waals surface area contributed by atoms with Gasteiger partial charge in [-0.2, -0.15) is 0 Å². The van der Waals surface area contributed by atoms with Crippen molar-refractivity contribution in [3.63, 3.8) is 0 Å². The second-order valence-electron chi connectivity index (χ2n) is 9.79. The molecule has 0 heterocycles. The Bertz CT molecular complexity index is 548. The van der Waals surface area contributed by atoms with Gasteiger partial charge in [-0.05, 0) is 75.0 Å². The molecule has 4 aliphatic rings. The van der Waals surface area contributed by atoms with Crippen molar-refractivity contribution in [2.24, 2.45) is 39.9 Å². The first-order chi connectivity index (χ1) is 11.3. The van der Waals surface area contributed by atoms with Gasteiger partial charge in [-0.15, -0.1) is 0 Å². The third-order valence-corrected chi connectivity index (χ3v) is 9.13. The maximum absolute atomic E-state index is 12.1. The number of carboxylic acid groups (broad SMARTS) is 1. The lowest BCUT2D eigenvalue weighted by Crippen LogP contribution is -2.60. The Kier molecular flexibility index (Phi) is 3.65. The molecule has 4 fully saturated rings. The Morgan fingerprint density at radius 1 is 1.08 bits per heavy atom. The average molecular weight is 336 g/mol. The molecule has 0 amide bonds. The Morgan fingerprint density at radius 2 is 1.83 bits per heavy atom. The van der Waals surface area contributed by atoms with Crippen LogP contribution >= 0.6 is 0 Å². The summed E-state index contributed by atoms with van der Waals surface area (Å²) >= 11 is 0. The van der Waals surface area contributed by atoms with E-state index < -0.39 is 17.5 Å². The minimum absolute atomic E-state index is 0.0138. The molecule has 24 heavy (non-hydrogen) atoms. The smallest absolute Gasteiger partial charge is 0.309 e. The van der Waals surface area contributed by atoms with E-state index in [4.69, 9.17) is 0 Å². The molecule has 0 aromatic carbocycles. The number of rotatable bonds is 2. The largest absolute Gasteiger partial charge is 0.481 e. The molecule has 8 atom stereocenters. The van der Waals surface area contributed by atoms with Gasteiger partial charge in [0.15, 0.2) is 0 Å². The van der Waals surface area contributed by atoms with E-state index in [1.807, 2.05) is 6.92 Å². The van der Waals surface area contributed by atoms with Crippen molar-refractivity contribution in [3.8, 4) is 0 Å². The van der Waals surface area contributed by atoms with Crippen molar-refractivity contribution in [1.82, 2.24) is 0 Å². The van der Waals surface area contributed by atoms with Crippen molar-refractivity contribution < 1.29 is 20.1 Å². The fourth-order valence-corrected chi connectivity index (χ4v) is 8.08. The maximum Gasteiger partial charge on any atom is 0.309 e. The predicted molar refractivity (Wildman–Crippen MR) is 90.3 cm³/mol. The minimum Gasteiger partial charge on any atom is -0.481 e. The number of hydrogen-bond acceptors (Lipinski definition) is 3. The molecule has 0 unspecified atom stereocenters. The molecule has 3 N–H and O–H groups in total. The number of carbonyl (C=O) groups is 1. The van der Waals surface area contributed by atoms with Gasteiger partial charge in [-0.1, -0.05) is 13.3 Å². The van der Waals surface area contributed by atoms with Crippen molar-refractivity contribution in [1.29, 1.82) is 0 Å². The van der Waals surface area contributed by atoms with E-state index in [-0.39, 0.29) is 29.3 Å². The van der Waals surface area contributed by atoms with Crippen molar-refractivity contribution >= 4 is 5.97 Å². The summed E-state index contributed by atoms with van der Waals surface area (Å²) in [5.74, 6) is 0.470. The number of fused-ring (bicyclic) bond motifs is 3. The molecule has 0 aliphatic heterocycles. The van der Waals surface area contributed by atoms with Gasteiger partial charge in [0, 0.05) is 17.9 Å². The van der Waals surface area contributed by atoms with Gasteiger partial charge in [-0.3, -0.25) is 4.79 Å². The first-order valence-corrected chi connectivity index (χ1v) is 9.82. The fourth-order valence-electron chi connectivity index (χ4n) is 8.08. The zero-order valence-electron chi connectivity index (χ0n) is 15.0. The number of hydrogen-bond donors (Lipinski definition) is 3. The number of aliphatic hydroxyl groups excluding tert-OH is 2. The van der Waals surface area contributed by atoms with Gasteiger partial charge >= 0.3 is 5.97 Å². The normalized spacial score (nSPS) is 56.4. The van der Waals surface area contributed by atoms with Crippen LogP contribution in [0.15, 0.2) is 0 Å². The molecule has 1 spiro atoms. The zero-order valence-corrected chi connectivity index (χ0v) is 15.0. The van der Waals surface area contributed by atoms with Crippen LogP contribution in [0.4, 0.5) is 0 Å². The van der Waals surface area contributed by atoms with Gasteiger partial charge < -0.3 is 15.3 Å². The second-order valence-corrected chi connectivity index (χ2v) is 9.79. The highest BCUT2D eigenvalue weighted by Gasteiger charge is 2.68. The molecule has 4 aliphatic carbocycles. The average Bonchev–Trinajstić information content (AvgIpc) is 2.73. The standard InChI is InChI=1S/C20H32O4/c1-18-7-3-8-19(2,17(23)24)14(18)6-9-20-10-12(4-5-15(18)20)13(11-21)16(20)22/h12-16,21-22H,3-11H2,1-2H3,(H,23,24)/t12-,13+,14+,15+,16+,18-,19-,20-/m1/s1. The molecule has 0 aromatic heterocycles. The molecule has 0 aromatic rings. The van der Waals surface area contributed by atoms with E-state index in [9.17, 15) is 20.1 Å². The Morgan fingerprint density at radius 3 is 2.50 bits per heavy atom. The lowest BCUT2D eigenvalue weighted by atomic mass is 9.40. The van der Waals surface area contributed by atoms with E-state index in [1.165, 1.54) is 0 Å². The van der Waals surface area contributed by atoms with Crippen LogP contribution in [0.25, 0.3) is 0 Å². The number of aliphatic hydroxyl groups is 2. The summed E-state index contributed by atoms with van der Waals surface area (Å²) in [6, 6.07) is 0. The first kappa shape index (κ1) is 16.8. The van der Waals surface area contributed by atoms with Crippen LogP contribution < -0.4 is 0 Å². The van der Waals surface area contributed by atoms with Crippen LogP contribution in [-0.4, -0.2) is 34.0 Å². The van der Waals surface area contributed by atoms with Crippen molar-refractivity contribution in [3.05, 3.63) is 0 Å². The zero-order chi connectivity index (χ0) is 17.3. The van der Waals surface area contributed by atoms with E-state index in [0.717, 1.165) is 51.4 Å². The minimum atomic E-state index is -0.636. The lowest BCUT2D eigenvalue weighted by molar-refractivity contribution is -0.192. The Balaban J connectivity index is 1.75. The summed E-state index contributed by atoms with van der Waals surface area (Å²) in [5.41, 5.74) is -0.677. The van der Waals surface area contributed by atoms with E-state index in [0.29, 0.717) is 11.8 Å². The van der Waals surface area contributed by atoms with Crippen LogP contribution in [0, 0.1) is 39.9 Å². The van der Waals surface area contributed by atoms with E-state index >= 15 is 0 Å². The Labute approximate surface area is 144 Å². The highest BCUT2D eigenvalue weighted by molar-refractivity contribution is 5.75. The first-order valence-electron chi connectivity index (χ1n) is 9.82. The lowest BCUT2D eigenvalue weighted by Gasteiger charge is -2.63. The van der Waals surface area contributed by atoms with Crippen LogP contribution in [0.5, 0.6) is 0 Å². The molecule has 4 saturated carbocycles. The highest BCUT2D eigenvalue weighted by atomic mass is 16.4. The molecule has 2 bridgehead atoms. The molecule has 136 valence electrons. The Hall–Kier alpha value is -0.610. The molecular formula is C20H32O4. The van der Waals surface area contributed by atoms with Crippen molar-refractivity contribution in [2.75, 3.05) is 6.61 Å². The number of aliphatic carboxylic acids is 1. The van der Waals surface area contributed by atoms with E-state index in [2.05, 4.69) is 6.92 Å². The van der Waals surface area contributed by atoms with Crippen molar-refractivity contribution in [2.45, 2.75) is 71.3 Å². The topological polar surface area (TPSA) is 77.8 Å². The summed E-state index contributed by atoms with van der Waals surface area (Å²) in [4.78, 5) is 12.1. The van der Waals surface area contributed by atoms with Crippen LogP contribution in [-0.2, 0) is 4.79 Å². The highest BCUT2D eigenvalue weighted by Crippen LogP contribution is 2.72. The monoisotopic (exact) mass is 336 g/mol. The quantitative estimate of drug-likeness (QED) is 0.724. The molecule has 4 nitrogen and oxygen atoms in total. The van der Waals surface area contributed by atoms with Gasteiger partial charge in [0.1, 0.15) is 0 Å². The maximum atomic E-state index is 12.1. The third-order valence-electron chi connectivity index (χ3n) is 9.13. The number of carboxylic acids is 1. The summed E-state index contributed by atoms with van der Waals surface area (Å²) < 4.78 is 0. The molecule has 4 heteroatoms. The second kappa shape index (κ2) is 5.20. The summed E-state index contributed by atoms with van der Waals surface area (Å²) in [5, 5.41) is 30.8. The van der Waals surface area contributed by atoms with Gasteiger partial charge in [0.25, 0.3) is 0 Å². The van der Waals surface area contributed by atoms with Crippen LogP contribution in [0.2, 0.25) is 0 Å². The predicted octanol–water partition coefficient (Wildman–Crippen LogP) is 3.06. The molecule has 0 saturated heterocycles. The summed E-state index contributed by atoms with van der Waals surface area (Å²) in [6.45, 7) is 4.37. The van der Waals surface area contributed by atoms with Crippen LogP contribution in [0.1, 0.15) is 65.2 Å².